The van der Waals surface area contributed by atoms with Crippen LogP contribution in [0.25, 0.3) is 0 Å². The molecule has 2 fully saturated rings. The largest absolute Gasteiger partial charge is 0.477 e. The molecule has 6 nitrogen and oxygen atoms in total. The summed E-state index contributed by atoms with van der Waals surface area (Å²) in [7, 11) is 0. The molecular formula is C17H24N2O4. The molecule has 2 aliphatic rings. The molecule has 3 heterocycles. The molecule has 1 aromatic rings. The Bertz CT molecular complexity index is 626. The van der Waals surface area contributed by atoms with E-state index in [-0.39, 0.29) is 17.2 Å². The smallest absolute Gasteiger partial charge is 0.341 e. The van der Waals surface area contributed by atoms with Crippen LogP contribution in [0.5, 0.6) is 0 Å². The van der Waals surface area contributed by atoms with Crippen molar-refractivity contribution in [3.63, 3.8) is 0 Å². The minimum Gasteiger partial charge on any atom is -0.477 e. The number of carbonyl (C=O) groups is 1. The van der Waals surface area contributed by atoms with Crippen LogP contribution in [0, 0.1) is 6.92 Å². The number of carboxylic acids is 1. The molecular weight excluding hydrogens is 296 g/mol. The maximum atomic E-state index is 12.4. The first-order valence-electron chi connectivity index (χ1n) is 8.35. The summed E-state index contributed by atoms with van der Waals surface area (Å²) in [5.41, 5.74) is 0.0407. The van der Waals surface area contributed by atoms with Crippen LogP contribution in [0.15, 0.2) is 17.1 Å². The fraction of sp³-hybridized carbons (Fsp3) is 0.647. The molecule has 3 rings (SSSR count). The van der Waals surface area contributed by atoms with Gasteiger partial charge in [0.1, 0.15) is 5.56 Å². The molecule has 0 saturated carbocycles. The number of hydrogen-bond acceptors (Lipinski definition) is 4. The number of piperidine rings is 1. The predicted octanol–water partition coefficient (Wildman–Crippen LogP) is 1.67. The molecule has 0 radical (unpaired) electrons. The van der Waals surface area contributed by atoms with Gasteiger partial charge in [-0.2, -0.15) is 0 Å². The standard InChI is InChI=1S/C17H24N2O4/c1-12-4-9-19(16(20)15(12)17(21)22)13-5-7-18(8-6-13)11-14-3-2-10-23-14/h4,9,13-14H,2-3,5-8,10-11H2,1H3,(H,21,22). The van der Waals surface area contributed by atoms with E-state index in [4.69, 9.17) is 4.74 Å². The summed E-state index contributed by atoms with van der Waals surface area (Å²) in [6.45, 7) is 5.35. The van der Waals surface area contributed by atoms with Gasteiger partial charge in [0.15, 0.2) is 0 Å². The van der Waals surface area contributed by atoms with Gasteiger partial charge in [0.2, 0.25) is 0 Å². The van der Waals surface area contributed by atoms with Crippen molar-refractivity contribution in [3.8, 4) is 0 Å². The van der Waals surface area contributed by atoms with Gasteiger partial charge >= 0.3 is 5.97 Å². The topological polar surface area (TPSA) is 71.8 Å². The summed E-state index contributed by atoms with van der Waals surface area (Å²) in [6.07, 6.45) is 6.12. The van der Waals surface area contributed by atoms with E-state index in [1.165, 1.54) is 0 Å². The Labute approximate surface area is 135 Å². The maximum Gasteiger partial charge on any atom is 0.341 e. The Morgan fingerprint density at radius 1 is 1.35 bits per heavy atom. The van der Waals surface area contributed by atoms with Crippen LogP contribution in [0.2, 0.25) is 0 Å². The average molecular weight is 320 g/mol. The lowest BCUT2D eigenvalue weighted by molar-refractivity contribution is 0.0601. The first kappa shape index (κ1) is 16.2. The van der Waals surface area contributed by atoms with E-state index >= 15 is 0 Å². The predicted molar refractivity (Wildman–Crippen MR) is 86.1 cm³/mol. The number of carboxylic acid groups (broad SMARTS) is 1. The van der Waals surface area contributed by atoms with Crippen molar-refractivity contribution >= 4 is 5.97 Å². The summed E-state index contributed by atoms with van der Waals surface area (Å²) in [4.78, 5) is 26.1. The lowest BCUT2D eigenvalue weighted by atomic mass is 10.0. The van der Waals surface area contributed by atoms with E-state index in [9.17, 15) is 14.7 Å². The van der Waals surface area contributed by atoms with Crippen molar-refractivity contribution in [2.75, 3.05) is 26.2 Å². The van der Waals surface area contributed by atoms with Crippen LogP contribution in [-0.2, 0) is 4.74 Å². The number of likely N-dealkylation sites (tertiary alicyclic amines) is 1. The highest BCUT2D eigenvalue weighted by molar-refractivity contribution is 5.88. The SMILES string of the molecule is Cc1ccn(C2CCN(CC3CCCO3)CC2)c(=O)c1C(=O)O. The summed E-state index contributed by atoms with van der Waals surface area (Å²) in [6, 6.07) is 1.81. The normalized spacial score (nSPS) is 23.3. The number of hydrogen-bond donors (Lipinski definition) is 1. The molecule has 1 aromatic heterocycles. The zero-order valence-electron chi connectivity index (χ0n) is 13.5. The van der Waals surface area contributed by atoms with Crippen molar-refractivity contribution < 1.29 is 14.6 Å². The second-order valence-corrected chi connectivity index (χ2v) is 6.56. The molecule has 1 atom stereocenters. The highest BCUT2D eigenvalue weighted by Gasteiger charge is 2.26. The first-order chi connectivity index (χ1) is 11.1. The maximum absolute atomic E-state index is 12.4. The van der Waals surface area contributed by atoms with Gasteiger partial charge in [0, 0.05) is 38.5 Å². The van der Waals surface area contributed by atoms with Crippen LogP contribution in [0.1, 0.15) is 47.6 Å². The summed E-state index contributed by atoms with van der Waals surface area (Å²) in [5, 5.41) is 9.24. The monoisotopic (exact) mass is 320 g/mol. The third-order valence-corrected chi connectivity index (χ3v) is 4.98. The highest BCUT2D eigenvalue weighted by Crippen LogP contribution is 2.23. The van der Waals surface area contributed by atoms with Crippen LogP contribution >= 0.6 is 0 Å². The van der Waals surface area contributed by atoms with Gasteiger partial charge in [-0.15, -0.1) is 0 Å². The van der Waals surface area contributed by atoms with E-state index in [0.29, 0.717) is 11.7 Å². The third kappa shape index (κ3) is 3.48. The summed E-state index contributed by atoms with van der Waals surface area (Å²) >= 11 is 0. The molecule has 1 unspecified atom stereocenters. The Morgan fingerprint density at radius 3 is 2.70 bits per heavy atom. The molecule has 6 heteroatoms. The van der Waals surface area contributed by atoms with Gasteiger partial charge in [-0.3, -0.25) is 4.79 Å². The van der Waals surface area contributed by atoms with E-state index in [0.717, 1.165) is 51.9 Å². The summed E-state index contributed by atoms with van der Waals surface area (Å²) in [5.74, 6) is -1.14. The van der Waals surface area contributed by atoms with Crippen molar-refractivity contribution in [2.24, 2.45) is 0 Å². The van der Waals surface area contributed by atoms with E-state index in [1.54, 1.807) is 23.8 Å². The van der Waals surface area contributed by atoms with Gasteiger partial charge < -0.3 is 19.3 Å². The van der Waals surface area contributed by atoms with Crippen molar-refractivity contribution in [2.45, 2.75) is 44.8 Å². The number of aromatic carboxylic acids is 1. The van der Waals surface area contributed by atoms with Crippen molar-refractivity contribution in [1.82, 2.24) is 9.47 Å². The zero-order chi connectivity index (χ0) is 16.4. The Balaban J connectivity index is 1.67. The molecule has 2 saturated heterocycles. The lowest BCUT2D eigenvalue weighted by Crippen LogP contribution is -2.41. The minimum atomic E-state index is -1.14. The number of aryl methyl sites for hydroxylation is 1. The molecule has 0 aromatic carbocycles. The van der Waals surface area contributed by atoms with E-state index < -0.39 is 5.97 Å². The second-order valence-electron chi connectivity index (χ2n) is 6.56. The Morgan fingerprint density at radius 2 is 2.09 bits per heavy atom. The molecule has 1 N–H and O–H groups in total. The molecule has 0 spiro atoms. The molecule has 126 valence electrons. The van der Waals surface area contributed by atoms with Gasteiger partial charge in [-0.1, -0.05) is 0 Å². The van der Waals surface area contributed by atoms with Crippen LogP contribution < -0.4 is 5.56 Å². The molecule has 0 bridgehead atoms. The quantitative estimate of drug-likeness (QED) is 0.914. The highest BCUT2D eigenvalue weighted by atomic mass is 16.5. The Kier molecular flexibility index (Phi) is 4.82. The third-order valence-electron chi connectivity index (χ3n) is 4.98. The second kappa shape index (κ2) is 6.84. The fourth-order valence-electron chi connectivity index (χ4n) is 3.64. The zero-order valence-corrected chi connectivity index (χ0v) is 13.5. The average Bonchev–Trinajstić information content (AvgIpc) is 3.01. The number of nitrogens with zero attached hydrogens (tertiary/aromatic N) is 2. The number of aromatic nitrogens is 1. The number of rotatable bonds is 4. The minimum absolute atomic E-state index is 0.0851. The lowest BCUT2D eigenvalue weighted by Gasteiger charge is -2.34. The molecule has 2 aliphatic heterocycles. The molecule has 23 heavy (non-hydrogen) atoms. The number of ether oxygens (including phenoxy) is 1. The Hall–Kier alpha value is -1.66. The van der Waals surface area contributed by atoms with Crippen LogP contribution in [0.4, 0.5) is 0 Å². The van der Waals surface area contributed by atoms with Gasteiger partial charge in [-0.05, 0) is 44.2 Å². The van der Waals surface area contributed by atoms with E-state index in [2.05, 4.69) is 4.90 Å². The van der Waals surface area contributed by atoms with Gasteiger partial charge in [-0.25, -0.2) is 4.79 Å². The van der Waals surface area contributed by atoms with Crippen LogP contribution in [-0.4, -0.2) is 52.9 Å². The summed E-state index contributed by atoms with van der Waals surface area (Å²) < 4.78 is 7.29. The van der Waals surface area contributed by atoms with Crippen LogP contribution in [0.3, 0.4) is 0 Å². The van der Waals surface area contributed by atoms with Crippen molar-refractivity contribution in [1.29, 1.82) is 0 Å². The first-order valence-corrected chi connectivity index (χ1v) is 8.35. The number of pyridine rings is 1. The van der Waals surface area contributed by atoms with E-state index in [1.807, 2.05) is 0 Å². The van der Waals surface area contributed by atoms with Crippen molar-refractivity contribution in [3.05, 3.63) is 33.7 Å². The molecule has 0 aliphatic carbocycles. The van der Waals surface area contributed by atoms with Gasteiger partial charge in [0.05, 0.1) is 6.10 Å². The van der Waals surface area contributed by atoms with Gasteiger partial charge in [0.25, 0.3) is 5.56 Å². The molecule has 0 amide bonds. The fourth-order valence-corrected chi connectivity index (χ4v) is 3.64.